The van der Waals surface area contributed by atoms with E-state index in [9.17, 15) is 4.79 Å². The van der Waals surface area contributed by atoms with Crippen LogP contribution in [0, 0.1) is 0 Å². The Morgan fingerprint density at radius 3 is 2.78 bits per heavy atom. The topological polar surface area (TPSA) is 32.8 Å². The van der Waals surface area contributed by atoms with Gasteiger partial charge >= 0.3 is 0 Å². The van der Waals surface area contributed by atoms with Gasteiger partial charge in [0, 0.05) is 38.5 Å². The lowest BCUT2D eigenvalue weighted by Crippen LogP contribution is -2.58. The summed E-state index contributed by atoms with van der Waals surface area (Å²) in [5.41, 5.74) is -0.0507. The average Bonchev–Trinajstić information content (AvgIpc) is 2.89. The second-order valence-corrected chi connectivity index (χ2v) is 6.92. The van der Waals surface area contributed by atoms with Crippen LogP contribution in [-0.4, -0.2) is 72.1 Å². The van der Waals surface area contributed by atoms with Crippen molar-refractivity contribution in [2.75, 3.05) is 44.8 Å². The largest absolute Gasteiger partial charge is 0.363 e. The highest BCUT2D eigenvalue weighted by Gasteiger charge is 2.42. The van der Waals surface area contributed by atoms with Crippen molar-refractivity contribution in [2.45, 2.75) is 30.9 Å². The minimum atomic E-state index is -0.0507. The summed E-state index contributed by atoms with van der Waals surface area (Å²) in [6, 6.07) is 0.787. The van der Waals surface area contributed by atoms with Gasteiger partial charge in [-0.15, -0.1) is 0 Å². The average molecular weight is 270 g/mol. The maximum atomic E-state index is 11.5. The van der Waals surface area contributed by atoms with Crippen LogP contribution >= 0.6 is 11.8 Å². The Kier molecular flexibility index (Phi) is 3.56. The highest BCUT2D eigenvalue weighted by Crippen LogP contribution is 2.33. The SMILES string of the molecule is CN1CC2(CCN([C@H]3CCSC3)CC2)OCC1=O. The Morgan fingerprint density at radius 1 is 1.39 bits per heavy atom. The third-order valence-electron chi connectivity index (χ3n) is 4.58. The third kappa shape index (κ3) is 2.40. The first kappa shape index (κ1) is 12.8. The number of thioether (sulfide) groups is 1. The molecular weight excluding hydrogens is 248 g/mol. The maximum absolute atomic E-state index is 11.5. The van der Waals surface area contributed by atoms with Gasteiger partial charge in [-0.05, 0) is 25.0 Å². The van der Waals surface area contributed by atoms with Crippen molar-refractivity contribution in [1.29, 1.82) is 0 Å². The first-order valence-corrected chi connectivity index (χ1v) is 8.04. The van der Waals surface area contributed by atoms with Crippen molar-refractivity contribution < 1.29 is 9.53 Å². The van der Waals surface area contributed by atoms with E-state index in [0.717, 1.165) is 38.5 Å². The molecule has 3 rings (SSSR count). The van der Waals surface area contributed by atoms with Crippen LogP contribution in [0.1, 0.15) is 19.3 Å². The van der Waals surface area contributed by atoms with E-state index in [0.29, 0.717) is 0 Å². The van der Waals surface area contributed by atoms with Crippen LogP contribution in [0.3, 0.4) is 0 Å². The second kappa shape index (κ2) is 5.02. The predicted octanol–water partition coefficient (Wildman–Crippen LogP) is 0.815. The van der Waals surface area contributed by atoms with Crippen molar-refractivity contribution in [3.8, 4) is 0 Å². The smallest absolute Gasteiger partial charge is 0.248 e. The van der Waals surface area contributed by atoms with Gasteiger partial charge in [0.05, 0.1) is 5.60 Å². The molecule has 3 saturated heterocycles. The van der Waals surface area contributed by atoms with Crippen molar-refractivity contribution in [2.24, 2.45) is 0 Å². The quantitative estimate of drug-likeness (QED) is 0.706. The number of ether oxygens (including phenoxy) is 1. The first-order valence-electron chi connectivity index (χ1n) is 6.88. The van der Waals surface area contributed by atoms with Gasteiger partial charge in [0.15, 0.2) is 0 Å². The van der Waals surface area contributed by atoms with Crippen LogP contribution in [0.5, 0.6) is 0 Å². The molecule has 0 saturated carbocycles. The number of carbonyl (C=O) groups excluding carboxylic acids is 1. The fourth-order valence-electron chi connectivity index (χ4n) is 3.30. The van der Waals surface area contributed by atoms with Crippen LogP contribution < -0.4 is 0 Å². The summed E-state index contributed by atoms with van der Waals surface area (Å²) in [4.78, 5) is 15.9. The summed E-state index contributed by atoms with van der Waals surface area (Å²) in [6.07, 6.45) is 3.49. The van der Waals surface area contributed by atoms with E-state index in [1.807, 2.05) is 11.9 Å². The van der Waals surface area contributed by atoms with Crippen LogP contribution in [0.15, 0.2) is 0 Å². The van der Waals surface area contributed by atoms with Crippen LogP contribution in [0.25, 0.3) is 0 Å². The molecule has 5 heteroatoms. The zero-order chi connectivity index (χ0) is 12.6. The molecule has 3 aliphatic rings. The zero-order valence-corrected chi connectivity index (χ0v) is 11.9. The second-order valence-electron chi connectivity index (χ2n) is 5.77. The number of likely N-dealkylation sites (N-methyl/N-ethyl adjacent to an activating group) is 1. The molecule has 0 unspecified atom stereocenters. The molecule has 0 bridgehead atoms. The fourth-order valence-corrected chi connectivity index (χ4v) is 4.56. The zero-order valence-electron chi connectivity index (χ0n) is 11.1. The Balaban J connectivity index is 1.57. The summed E-state index contributed by atoms with van der Waals surface area (Å²) in [5.74, 6) is 2.74. The first-order chi connectivity index (χ1) is 8.69. The number of carbonyl (C=O) groups is 1. The predicted molar refractivity (Wildman–Crippen MR) is 72.9 cm³/mol. The molecule has 0 radical (unpaired) electrons. The number of rotatable bonds is 1. The van der Waals surface area contributed by atoms with Crippen molar-refractivity contribution in [1.82, 2.24) is 9.80 Å². The number of hydrogen-bond donors (Lipinski definition) is 0. The molecule has 3 aliphatic heterocycles. The lowest BCUT2D eigenvalue weighted by Gasteiger charge is -2.47. The number of piperidine rings is 1. The van der Waals surface area contributed by atoms with E-state index < -0.39 is 0 Å². The van der Waals surface area contributed by atoms with Crippen LogP contribution in [0.2, 0.25) is 0 Å². The van der Waals surface area contributed by atoms with E-state index in [-0.39, 0.29) is 18.1 Å². The van der Waals surface area contributed by atoms with Gasteiger partial charge in [-0.2, -0.15) is 11.8 Å². The molecule has 0 N–H and O–H groups in total. The molecule has 3 heterocycles. The molecular formula is C13H22N2O2S. The summed E-state index contributed by atoms with van der Waals surface area (Å²) in [6.45, 7) is 3.31. The number of nitrogens with zero attached hydrogens (tertiary/aromatic N) is 2. The van der Waals surface area contributed by atoms with Crippen molar-refractivity contribution >= 4 is 17.7 Å². The molecule has 4 nitrogen and oxygen atoms in total. The van der Waals surface area contributed by atoms with Gasteiger partial charge < -0.3 is 9.64 Å². The highest BCUT2D eigenvalue weighted by atomic mass is 32.2. The van der Waals surface area contributed by atoms with E-state index in [1.54, 1.807) is 0 Å². The minimum absolute atomic E-state index is 0.0507. The minimum Gasteiger partial charge on any atom is -0.363 e. The Hall–Kier alpha value is -0.260. The van der Waals surface area contributed by atoms with Gasteiger partial charge in [-0.3, -0.25) is 9.69 Å². The number of morpholine rings is 1. The summed E-state index contributed by atoms with van der Waals surface area (Å²) in [5, 5.41) is 0. The molecule has 1 spiro atoms. The monoisotopic (exact) mass is 270 g/mol. The van der Waals surface area contributed by atoms with E-state index >= 15 is 0 Å². The molecule has 18 heavy (non-hydrogen) atoms. The lowest BCUT2D eigenvalue weighted by atomic mass is 9.88. The molecule has 0 aromatic rings. The van der Waals surface area contributed by atoms with Crippen molar-refractivity contribution in [3.63, 3.8) is 0 Å². The highest BCUT2D eigenvalue weighted by molar-refractivity contribution is 7.99. The van der Waals surface area contributed by atoms with Gasteiger partial charge in [-0.25, -0.2) is 0 Å². The van der Waals surface area contributed by atoms with Gasteiger partial charge in [0.25, 0.3) is 0 Å². The van der Waals surface area contributed by atoms with Gasteiger partial charge in [0.1, 0.15) is 6.61 Å². The van der Waals surface area contributed by atoms with E-state index in [2.05, 4.69) is 16.7 Å². The number of likely N-dealkylation sites (tertiary alicyclic amines) is 1. The van der Waals surface area contributed by atoms with Crippen LogP contribution in [0.4, 0.5) is 0 Å². The standard InChI is InChI=1S/C13H22N2O2S/c1-14-10-13(17-8-12(14)16)3-5-15(6-4-13)11-2-7-18-9-11/h11H,2-10H2,1H3/t11-/m0/s1. The maximum Gasteiger partial charge on any atom is 0.248 e. The molecule has 1 atom stereocenters. The molecule has 102 valence electrons. The molecule has 1 amide bonds. The summed E-state index contributed by atoms with van der Waals surface area (Å²) >= 11 is 2.08. The van der Waals surface area contributed by atoms with Crippen molar-refractivity contribution in [3.05, 3.63) is 0 Å². The lowest BCUT2D eigenvalue weighted by molar-refractivity contribution is -0.169. The number of amides is 1. The molecule has 3 fully saturated rings. The Labute approximate surface area is 113 Å². The summed E-state index contributed by atoms with van der Waals surface area (Å²) in [7, 11) is 1.90. The molecule has 0 aliphatic carbocycles. The third-order valence-corrected chi connectivity index (χ3v) is 5.73. The molecule has 0 aromatic heterocycles. The summed E-state index contributed by atoms with van der Waals surface area (Å²) < 4.78 is 5.88. The normalized spacial score (nSPS) is 33.3. The Bertz CT molecular complexity index is 323. The van der Waals surface area contributed by atoms with Gasteiger partial charge in [-0.1, -0.05) is 0 Å². The van der Waals surface area contributed by atoms with E-state index in [4.69, 9.17) is 4.74 Å². The Morgan fingerprint density at radius 2 is 2.17 bits per heavy atom. The number of hydrogen-bond acceptors (Lipinski definition) is 4. The van der Waals surface area contributed by atoms with E-state index in [1.165, 1.54) is 17.9 Å². The molecule has 0 aromatic carbocycles. The van der Waals surface area contributed by atoms with Gasteiger partial charge in [0.2, 0.25) is 5.91 Å². The van der Waals surface area contributed by atoms with Crippen LogP contribution in [-0.2, 0) is 9.53 Å². The fraction of sp³-hybridized carbons (Fsp3) is 0.923.